The van der Waals surface area contributed by atoms with Gasteiger partial charge in [0.05, 0.1) is 12.2 Å². The van der Waals surface area contributed by atoms with Crippen LogP contribution < -0.4 is 0 Å². The van der Waals surface area contributed by atoms with Crippen LogP contribution in [0.5, 0.6) is 0 Å². The van der Waals surface area contributed by atoms with E-state index >= 15 is 0 Å². The van der Waals surface area contributed by atoms with Crippen LogP contribution in [0.15, 0.2) is 46.3 Å². The predicted molar refractivity (Wildman–Crippen MR) is 86.5 cm³/mol. The van der Waals surface area contributed by atoms with E-state index in [1.165, 1.54) is 18.1 Å². The van der Waals surface area contributed by atoms with E-state index in [4.69, 9.17) is 9.47 Å². The predicted octanol–water partition coefficient (Wildman–Crippen LogP) is 3.55. The van der Waals surface area contributed by atoms with Gasteiger partial charge in [0.2, 0.25) is 0 Å². The van der Waals surface area contributed by atoms with Gasteiger partial charge in [-0.05, 0) is 69.2 Å². The molecule has 2 aliphatic heterocycles. The maximum atomic E-state index is 12.4. The number of esters is 1. The molecule has 122 valence electrons. The molecule has 2 heterocycles. The van der Waals surface area contributed by atoms with Crippen molar-refractivity contribution in [3.05, 3.63) is 46.3 Å². The van der Waals surface area contributed by atoms with Crippen LogP contribution in [0.25, 0.3) is 0 Å². The summed E-state index contributed by atoms with van der Waals surface area (Å²) in [4.78, 5) is 24.6. The Balaban J connectivity index is 2.10. The molecular formula is C19H22O4. The molecule has 3 rings (SSSR count). The Morgan fingerprint density at radius 1 is 1.30 bits per heavy atom. The minimum absolute atomic E-state index is 0.102. The van der Waals surface area contributed by atoms with Crippen LogP contribution in [0.3, 0.4) is 0 Å². The number of hydrogen-bond donors (Lipinski definition) is 0. The first kappa shape index (κ1) is 15.8. The summed E-state index contributed by atoms with van der Waals surface area (Å²) in [6, 6.07) is 0. The zero-order chi connectivity index (χ0) is 16.4. The van der Waals surface area contributed by atoms with Crippen LogP contribution in [0.2, 0.25) is 0 Å². The fourth-order valence-electron chi connectivity index (χ4n) is 3.44. The smallest absolute Gasteiger partial charge is 0.338 e. The molecule has 0 spiro atoms. The van der Waals surface area contributed by atoms with Crippen LogP contribution in [0.1, 0.15) is 46.0 Å². The Hall–Kier alpha value is -2.10. The van der Waals surface area contributed by atoms with Crippen LogP contribution in [0.4, 0.5) is 0 Å². The first-order chi connectivity index (χ1) is 11.1. The Bertz CT molecular complexity index is 661. The van der Waals surface area contributed by atoms with E-state index in [0.717, 1.165) is 31.4 Å². The zero-order valence-corrected chi connectivity index (χ0v) is 13.7. The Morgan fingerprint density at radius 3 is 2.83 bits per heavy atom. The lowest BCUT2D eigenvalue weighted by Crippen LogP contribution is -2.23. The molecule has 0 saturated heterocycles. The molecule has 1 fully saturated rings. The normalized spacial score (nSPS) is 31.9. The number of hydrogen-bond acceptors (Lipinski definition) is 4. The van der Waals surface area contributed by atoms with Gasteiger partial charge in [-0.1, -0.05) is 6.08 Å². The lowest BCUT2D eigenvalue weighted by atomic mass is 9.86. The Morgan fingerprint density at radius 2 is 2.09 bits per heavy atom. The summed E-state index contributed by atoms with van der Waals surface area (Å²) in [6.45, 7) is 3.54. The second kappa shape index (κ2) is 6.57. The molecule has 0 aromatic heterocycles. The van der Waals surface area contributed by atoms with Crippen molar-refractivity contribution in [2.75, 3.05) is 6.61 Å². The highest BCUT2D eigenvalue weighted by Crippen LogP contribution is 2.38. The number of Topliss-reactive ketones (excluding diaryl/α,β-unsaturated/α-hetero) is 1. The van der Waals surface area contributed by atoms with E-state index in [1.807, 2.05) is 12.2 Å². The minimum Gasteiger partial charge on any atom is -0.481 e. The molecule has 3 aliphatic rings. The van der Waals surface area contributed by atoms with Gasteiger partial charge >= 0.3 is 5.97 Å². The van der Waals surface area contributed by atoms with Crippen molar-refractivity contribution in [1.82, 2.24) is 0 Å². The molecule has 4 heteroatoms. The first-order valence-electron chi connectivity index (χ1n) is 8.30. The minimum atomic E-state index is -0.523. The highest BCUT2D eigenvalue weighted by Gasteiger charge is 2.33. The molecule has 0 aromatic carbocycles. The van der Waals surface area contributed by atoms with Gasteiger partial charge in [-0.15, -0.1) is 0 Å². The van der Waals surface area contributed by atoms with Crippen molar-refractivity contribution in [1.29, 1.82) is 0 Å². The molecule has 1 atom stereocenters. The summed E-state index contributed by atoms with van der Waals surface area (Å²) in [5.74, 6) is 0.282. The fraction of sp³-hybridized carbons (Fsp3) is 0.474. The molecule has 1 saturated carbocycles. The van der Waals surface area contributed by atoms with Gasteiger partial charge in [-0.25, -0.2) is 4.79 Å². The largest absolute Gasteiger partial charge is 0.481 e. The first-order valence-corrected chi connectivity index (χ1v) is 8.30. The molecule has 23 heavy (non-hydrogen) atoms. The number of ether oxygens (including phenoxy) is 2. The standard InChI is InChI=1S/C19H22O4/c1-3-22-19(21)18-14(12(2)20)9-8-13-6-4-5-7-15(13)16-10-11-17(18)23-16/h8,10-11,17H,3-7,9H2,1-2H3/b13-8-,16-15-,18-14-/t17-/m0/s1. The molecule has 0 aromatic rings. The summed E-state index contributed by atoms with van der Waals surface area (Å²) in [5, 5.41) is 0. The highest BCUT2D eigenvalue weighted by atomic mass is 16.5. The van der Waals surface area contributed by atoms with Gasteiger partial charge < -0.3 is 9.47 Å². The number of rotatable bonds is 3. The Kier molecular flexibility index (Phi) is 4.51. The van der Waals surface area contributed by atoms with Crippen molar-refractivity contribution in [2.24, 2.45) is 0 Å². The maximum absolute atomic E-state index is 12.4. The summed E-state index contributed by atoms with van der Waals surface area (Å²) >= 11 is 0. The quantitative estimate of drug-likeness (QED) is 0.748. The number of allylic oxidation sites excluding steroid dienone is 5. The fourth-order valence-corrected chi connectivity index (χ4v) is 3.44. The topological polar surface area (TPSA) is 52.6 Å². The molecule has 0 N–H and O–H groups in total. The van der Waals surface area contributed by atoms with E-state index in [-0.39, 0.29) is 12.4 Å². The number of ketones is 1. The van der Waals surface area contributed by atoms with Crippen LogP contribution in [0, 0.1) is 0 Å². The van der Waals surface area contributed by atoms with Gasteiger partial charge in [0.1, 0.15) is 11.9 Å². The third-order valence-corrected chi connectivity index (χ3v) is 4.57. The number of carbonyl (C=O) groups excluding carboxylic acids is 2. The van der Waals surface area contributed by atoms with Crippen molar-refractivity contribution in [3.63, 3.8) is 0 Å². The average molecular weight is 314 g/mol. The zero-order valence-electron chi connectivity index (χ0n) is 13.7. The van der Waals surface area contributed by atoms with E-state index in [2.05, 4.69) is 6.08 Å². The lowest BCUT2D eigenvalue weighted by Gasteiger charge is -2.20. The SMILES string of the molecule is CCOC(=O)/C1=C(\C(C)=O)C/C=C2/CCCC/C2=C2\C=C[C@@H]1O2. The third kappa shape index (κ3) is 3.03. The molecule has 2 bridgehead atoms. The summed E-state index contributed by atoms with van der Waals surface area (Å²) in [6.07, 6.45) is 10.1. The summed E-state index contributed by atoms with van der Waals surface area (Å²) < 4.78 is 11.2. The maximum Gasteiger partial charge on any atom is 0.338 e. The molecule has 4 nitrogen and oxygen atoms in total. The monoisotopic (exact) mass is 314 g/mol. The number of carbonyl (C=O) groups is 2. The summed E-state index contributed by atoms with van der Waals surface area (Å²) in [5.41, 5.74) is 3.32. The van der Waals surface area contributed by atoms with E-state index < -0.39 is 12.1 Å². The van der Waals surface area contributed by atoms with E-state index in [0.29, 0.717) is 17.6 Å². The van der Waals surface area contributed by atoms with Crippen molar-refractivity contribution in [2.45, 2.75) is 52.1 Å². The van der Waals surface area contributed by atoms with E-state index in [1.54, 1.807) is 6.92 Å². The molecular weight excluding hydrogens is 292 g/mol. The highest BCUT2D eigenvalue weighted by molar-refractivity contribution is 6.04. The third-order valence-electron chi connectivity index (χ3n) is 4.57. The molecule has 0 amide bonds. The second-order valence-electron chi connectivity index (χ2n) is 6.05. The molecule has 0 radical (unpaired) electrons. The van der Waals surface area contributed by atoms with Crippen LogP contribution >= 0.6 is 0 Å². The van der Waals surface area contributed by atoms with Crippen molar-refractivity contribution >= 4 is 11.8 Å². The summed E-state index contributed by atoms with van der Waals surface area (Å²) in [7, 11) is 0. The molecule has 1 aliphatic carbocycles. The van der Waals surface area contributed by atoms with Gasteiger partial charge in [0.25, 0.3) is 0 Å². The Labute approximate surface area is 136 Å². The van der Waals surface area contributed by atoms with Gasteiger partial charge in [0, 0.05) is 5.57 Å². The van der Waals surface area contributed by atoms with Crippen LogP contribution in [-0.2, 0) is 19.1 Å². The van der Waals surface area contributed by atoms with Gasteiger partial charge in [-0.3, -0.25) is 4.79 Å². The van der Waals surface area contributed by atoms with Gasteiger partial charge in [0.15, 0.2) is 5.78 Å². The lowest BCUT2D eigenvalue weighted by molar-refractivity contribution is -0.139. The van der Waals surface area contributed by atoms with Crippen molar-refractivity contribution < 1.29 is 19.1 Å². The van der Waals surface area contributed by atoms with Gasteiger partial charge in [-0.2, -0.15) is 0 Å². The van der Waals surface area contributed by atoms with Crippen LogP contribution in [-0.4, -0.2) is 24.5 Å². The average Bonchev–Trinajstić information content (AvgIpc) is 3.02. The van der Waals surface area contributed by atoms with E-state index in [9.17, 15) is 9.59 Å². The number of fused-ring (bicyclic) bond motifs is 3. The second-order valence-corrected chi connectivity index (χ2v) is 6.05. The molecule has 0 unspecified atom stereocenters. The van der Waals surface area contributed by atoms with Crippen molar-refractivity contribution in [3.8, 4) is 0 Å².